The number of hydrogen-bond donors (Lipinski definition) is 0. The van der Waals surface area contributed by atoms with Crippen LogP contribution in [-0.2, 0) is 9.57 Å². The first-order valence-corrected chi connectivity index (χ1v) is 8.08. The number of carbonyl (C=O) groups is 2. The normalized spacial score (nSPS) is 15.1. The monoisotopic (exact) mass is 351 g/mol. The first-order valence-electron chi connectivity index (χ1n) is 8.08. The summed E-state index contributed by atoms with van der Waals surface area (Å²) >= 11 is 0. The van der Waals surface area contributed by atoms with Crippen molar-refractivity contribution >= 4 is 17.8 Å². The standard InChI is InChI=1S/C16H25N5O4/c1-16(2,3)25-15(23)21-8-6-20(7-9-21)13-11-17-12(10-18-13)14(22)19(4)24-5/h10-11H,6-9H2,1-5H3. The van der Waals surface area contributed by atoms with Crippen LogP contribution in [0, 0.1) is 0 Å². The van der Waals surface area contributed by atoms with Crippen LogP contribution in [0.25, 0.3) is 0 Å². The second-order valence-corrected chi connectivity index (χ2v) is 6.70. The lowest BCUT2D eigenvalue weighted by Crippen LogP contribution is -2.50. The molecule has 0 unspecified atom stereocenters. The summed E-state index contributed by atoms with van der Waals surface area (Å²) in [6.45, 7) is 7.88. The van der Waals surface area contributed by atoms with Crippen molar-refractivity contribution in [3.05, 3.63) is 18.1 Å². The SMILES string of the molecule is CON(C)C(=O)c1cnc(N2CCN(C(=O)OC(C)(C)C)CC2)cn1. The summed E-state index contributed by atoms with van der Waals surface area (Å²) in [5.74, 6) is 0.303. The molecule has 0 atom stereocenters. The second-order valence-electron chi connectivity index (χ2n) is 6.70. The van der Waals surface area contributed by atoms with Gasteiger partial charge in [-0.25, -0.2) is 19.8 Å². The van der Waals surface area contributed by atoms with Gasteiger partial charge in [-0.2, -0.15) is 0 Å². The molecule has 1 aromatic heterocycles. The molecule has 25 heavy (non-hydrogen) atoms. The van der Waals surface area contributed by atoms with Gasteiger partial charge in [-0.15, -0.1) is 0 Å². The van der Waals surface area contributed by atoms with Crippen LogP contribution in [0.15, 0.2) is 12.4 Å². The van der Waals surface area contributed by atoms with Crippen molar-refractivity contribution < 1.29 is 19.2 Å². The summed E-state index contributed by atoms with van der Waals surface area (Å²) < 4.78 is 5.38. The molecule has 0 saturated carbocycles. The van der Waals surface area contributed by atoms with Crippen molar-refractivity contribution in [2.24, 2.45) is 0 Å². The van der Waals surface area contributed by atoms with Gasteiger partial charge in [-0.1, -0.05) is 0 Å². The molecular formula is C16H25N5O4. The van der Waals surface area contributed by atoms with Gasteiger partial charge in [0.2, 0.25) is 0 Å². The number of amides is 2. The molecule has 0 bridgehead atoms. The van der Waals surface area contributed by atoms with E-state index in [0.29, 0.717) is 32.0 Å². The van der Waals surface area contributed by atoms with E-state index in [1.807, 2.05) is 25.7 Å². The lowest BCUT2D eigenvalue weighted by Gasteiger charge is -2.36. The fraction of sp³-hybridized carbons (Fsp3) is 0.625. The van der Waals surface area contributed by atoms with E-state index in [9.17, 15) is 9.59 Å². The number of anilines is 1. The average molecular weight is 351 g/mol. The van der Waals surface area contributed by atoms with Crippen LogP contribution in [0.1, 0.15) is 31.3 Å². The van der Waals surface area contributed by atoms with E-state index in [4.69, 9.17) is 9.57 Å². The smallest absolute Gasteiger partial charge is 0.410 e. The van der Waals surface area contributed by atoms with Gasteiger partial charge in [0.25, 0.3) is 5.91 Å². The summed E-state index contributed by atoms with van der Waals surface area (Å²) in [6, 6.07) is 0. The molecule has 0 aliphatic carbocycles. The fourth-order valence-corrected chi connectivity index (χ4v) is 2.28. The molecule has 9 nitrogen and oxygen atoms in total. The topological polar surface area (TPSA) is 88.1 Å². The maximum absolute atomic E-state index is 12.1. The van der Waals surface area contributed by atoms with Crippen LogP contribution < -0.4 is 4.90 Å². The Hall–Kier alpha value is -2.42. The number of carbonyl (C=O) groups excluding carboxylic acids is 2. The van der Waals surface area contributed by atoms with Gasteiger partial charge in [0.1, 0.15) is 17.1 Å². The Morgan fingerprint density at radius 3 is 2.24 bits per heavy atom. The fourth-order valence-electron chi connectivity index (χ4n) is 2.28. The van der Waals surface area contributed by atoms with Crippen molar-refractivity contribution in [2.75, 3.05) is 45.2 Å². The lowest BCUT2D eigenvalue weighted by molar-refractivity contribution is -0.0760. The Morgan fingerprint density at radius 1 is 1.12 bits per heavy atom. The predicted molar refractivity (Wildman–Crippen MR) is 91.2 cm³/mol. The number of hydroxylamine groups is 2. The van der Waals surface area contributed by atoms with E-state index in [2.05, 4.69) is 9.97 Å². The van der Waals surface area contributed by atoms with Crippen molar-refractivity contribution in [3.63, 3.8) is 0 Å². The molecule has 0 N–H and O–H groups in total. The molecule has 1 aliphatic heterocycles. The Labute approximate surface area is 147 Å². The molecule has 9 heteroatoms. The molecule has 0 aromatic carbocycles. The van der Waals surface area contributed by atoms with Crippen LogP contribution >= 0.6 is 0 Å². The molecule has 1 fully saturated rings. The zero-order valence-corrected chi connectivity index (χ0v) is 15.4. The average Bonchev–Trinajstić information content (AvgIpc) is 2.59. The van der Waals surface area contributed by atoms with E-state index < -0.39 is 5.60 Å². The second kappa shape index (κ2) is 7.64. The van der Waals surface area contributed by atoms with Crippen LogP contribution in [0.4, 0.5) is 10.6 Å². The zero-order chi connectivity index (χ0) is 18.6. The summed E-state index contributed by atoms with van der Waals surface area (Å²) in [6.07, 6.45) is 2.68. The highest BCUT2D eigenvalue weighted by molar-refractivity contribution is 5.91. The molecule has 2 amide bonds. The van der Waals surface area contributed by atoms with E-state index in [1.54, 1.807) is 11.1 Å². The molecule has 1 aromatic rings. The Balaban J connectivity index is 1.92. The van der Waals surface area contributed by atoms with Gasteiger partial charge in [-0.05, 0) is 20.8 Å². The van der Waals surface area contributed by atoms with Gasteiger partial charge in [-0.3, -0.25) is 9.63 Å². The Bertz CT molecular complexity index is 606. The zero-order valence-electron chi connectivity index (χ0n) is 15.4. The molecule has 1 aliphatic rings. The minimum absolute atomic E-state index is 0.209. The van der Waals surface area contributed by atoms with E-state index in [0.717, 1.165) is 5.06 Å². The highest BCUT2D eigenvalue weighted by atomic mass is 16.7. The maximum Gasteiger partial charge on any atom is 0.410 e. The van der Waals surface area contributed by atoms with Crippen LogP contribution in [0.5, 0.6) is 0 Å². The molecule has 2 rings (SSSR count). The summed E-state index contributed by atoms with van der Waals surface area (Å²) in [4.78, 5) is 41.0. The minimum Gasteiger partial charge on any atom is -0.444 e. The number of aromatic nitrogens is 2. The number of piperazine rings is 1. The molecule has 1 saturated heterocycles. The lowest BCUT2D eigenvalue weighted by atomic mass is 10.2. The number of rotatable bonds is 3. The first kappa shape index (κ1) is 18.9. The number of nitrogens with zero attached hydrogens (tertiary/aromatic N) is 5. The third-order valence-electron chi connectivity index (χ3n) is 3.67. The van der Waals surface area contributed by atoms with Crippen molar-refractivity contribution in [1.29, 1.82) is 0 Å². The molecule has 138 valence electrons. The van der Waals surface area contributed by atoms with E-state index in [-0.39, 0.29) is 17.7 Å². The summed E-state index contributed by atoms with van der Waals surface area (Å²) in [7, 11) is 2.91. The molecular weight excluding hydrogens is 326 g/mol. The highest BCUT2D eigenvalue weighted by Crippen LogP contribution is 2.15. The van der Waals surface area contributed by atoms with Gasteiger partial charge in [0.05, 0.1) is 19.5 Å². The minimum atomic E-state index is -0.503. The van der Waals surface area contributed by atoms with E-state index >= 15 is 0 Å². The van der Waals surface area contributed by atoms with Crippen molar-refractivity contribution in [3.8, 4) is 0 Å². The van der Waals surface area contributed by atoms with Crippen molar-refractivity contribution in [1.82, 2.24) is 19.9 Å². The number of hydrogen-bond acceptors (Lipinski definition) is 7. The largest absolute Gasteiger partial charge is 0.444 e. The Kier molecular flexibility index (Phi) is 5.78. The summed E-state index contributed by atoms with van der Waals surface area (Å²) in [5, 5.41) is 1.09. The van der Waals surface area contributed by atoms with Crippen LogP contribution in [-0.4, -0.2) is 77.9 Å². The van der Waals surface area contributed by atoms with Crippen molar-refractivity contribution in [2.45, 2.75) is 26.4 Å². The van der Waals surface area contributed by atoms with Crippen LogP contribution in [0.3, 0.4) is 0 Å². The molecule has 0 spiro atoms. The first-order chi connectivity index (χ1) is 11.7. The van der Waals surface area contributed by atoms with Gasteiger partial charge >= 0.3 is 6.09 Å². The van der Waals surface area contributed by atoms with Gasteiger partial charge in [0, 0.05) is 33.2 Å². The molecule has 2 heterocycles. The van der Waals surface area contributed by atoms with Crippen LogP contribution in [0.2, 0.25) is 0 Å². The third-order valence-corrected chi connectivity index (χ3v) is 3.67. The summed E-state index contributed by atoms with van der Waals surface area (Å²) in [5.41, 5.74) is -0.294. The quantitative estimate of drug-likeness (QED) is 0.755. The van der Waals surface area contributed by atoms with E-state index in [1.165, 1.54) is 20.4 Å². The predicted octanol–water partition coefficient (Wildman–Crippen LogP) is 1.17. The third kappa shape index (κ3) is 5.02. The molecule has 0 radical (unpaired) electrons. The Morgan fingerprint density at radius 2 is 1.76 bits per heavy atom. The maximum atomic E-state index is 12.1. The highest BCUT2D eigenvalue weighted by Gasteiger charge is 2.26. The van der Waals surface area contributed by atoms with Gasteiger partial charge in [0.15, 0.2) is 0 Å². The number of ether oxygens (including phenoxy) is 1. The van der Waals surface area contributed by atoms with Gasteiger partial charge < -0.3 is 14.5 Å².